The van der Waals surface area contributed by atoms with Crippen molar-refractivity contribution < 1.29 is 40.5 Å². The van der Waals surface area contributed by atoms with Gasteiger partial charge in [0.05, 0.1) is 53.7 Å². The number of morpholine rings is 1. The van der Waals surface area contributed by atoms with Crippen LogP contribution in [0.1, 0.15) is 19.8 Å². The molecular formula is C29H33BBrClF2N4O7S2. The third-order valence-electron chi connectivity index (χ3n) is 8.39. The maximum Gasteiger partial charge on any atom is 0.241 e. The summed E-state index contributed by atoms with van der Waals surface area (Å²) in [6, 6.07) is 7.44. The first-order valence-electron chi connectivity index (χ1n) is 14.8. The van der Waals surface area contributed by atoms with Gasteiger partial charge < -0.3 is 19.3 Å². The summed E-state index contributed by atoms with van der Waals surface area (Å²) in [5.41, 5.74) is -0.941. The van der Waals surface area contributed by atoms with E-state index in [-0.39, 0.29) is 45.2 Å². The van der Waals surface area contributed by atoms with Crippen LogP contribution in [0.25, 0.3) is 0 Å². The Morgan fingerprint density at radius 2 is 1.72 bits per heavy atom. The van der Waals surface area contributed by atoms with Crippen molar-refractivity contribution in [3.8, 4) is 0 Å². The van der Waals surface area contributed by atoms with Crippen molar-refractivity contribution in [1.82, 2.24) is 18.8 Å². The zero-order valence-corrected chi connectivity index (χ0v) is 29.4. The molecule has 2 aromatic carbocycles. The molecule has 2 aromatic rings. The molecule has 2 amide bonds. The van der Waals surface area contributed by atoms with E-state index in [1.807, 2.05) is 0 Å². The number of sulfonamides is 1. The van der Waals surface area contributed by atoms with E-state index in [2.05, 4.69) is 20.7 Å². The highest BCUT2D eigenvalue weighted by Crippen LogP contribution is 2.36. The Morgan fingerprint density at radius 3 is 2.36 bits per heavy atom. The Labute approximate surface area is 289 Å². The maximum atomic E-state index is 13.6. The number of carbonyl (C=O) groups excluding carboxylic acids is 2. The molecule has 2 radical (unpaired) electrons. The van der Waals surface area contributed by atoms with Gasteiger partial charge in [-0.1, -0.05) is 18.5 Å². The van der Waals surface area contributed by atoms with Crippen molar-refractivity contribution in [2.45, 2.75) is 46.8 Å². The number of amides is 2. The van der Waals surface area contributed by atoms with Crippen molar-refractivity contribution in [3.05, 3.63) is 52.5 Å². The second kappa shape index (κ2) is 14.5. The fourth-order valence-electron chi connectivity index (χ4n) is 5.94. The molecule has 1 N–H and O–H groups in total. The molecule has 254 valence electrons. The Morgan fingerprint density at radius 1 is 1.04 bits per heavy atom. The fourth-order valence-corrected chi connectivity index (χ4v) is 8.87. The lowest BCUT2D eigenvalue weighted by Crippen LogP contribution is -2.71. The van der Waals surface area contributed by atoms with Gasteiger partial charge in [0.1, 0.15) is 47.5 Å². The topological polar surface area (TPSA) is 126 Å². The largest absolute Gasteiger partial charge is 0.370 e. The first kappa shape index (κ1) is 36.3. The zero-order valence-electron chi connectivity index (χ0n) is 25.4. The quantitative estimate of drug-likeness (QED) is 0.334. The van der Waals surface area contributed by atoms with Crippen LogP contribution in [-0.4, -0.2) is 122 Å². The molecule has 4 heterocycles. The molecule has 11 nitrogen and oxygen atoms in total. The first-order valence-corrected chi connectivity index (χ1v) is 18.7. The number of hydrogen-bond acceptors (Lipinski definition) is 7. The summed E-state index contributed by atoms with van der Waals surface area (Å²) >= 11 is 8.53. The minimum absolute atomic E-state index is 0.0263. The van der Waals surface area contributed by atoms with E-state index < -0.39 is 43.8 Å². The lowest BCUT2D eigenvalue weighted by atomic mass is 9.89. The van der Waals surface area contributed by atoms with Crippen molar-refractivity contribution in [2.75, 3.05) is 58.4 Å². The van der Waals surface area contributed by atoms with E-state index in [9.17, 15) is 31.0 Å². The number of hydrogen-bond donors (Lipinski definition) is 1. The van der Waals surface area contributed by atoms with Crippen LogP contribution in [0.3, 0.4) is 0 Å². The average molecular weight is 778 g/mol. The summed E-state index contributed by atoms with van der Waals surface area (Å²) < 4.78 is 80.5. The summed E-state index contributed by atoms with van der Waals surface area (Å²) in [6.07, 6.45) is 0.944. The van der Waals surface area contributed by atoms with E-state index in [4.69, 9.17) is 28.9 Å². The highest BCUT2D eigenvalue weighted by atomic mass is 79.9. The summed E-state index contributed by atoms with van der Waals surface area (Å²) in [4.78, 5) is 26.7. The van der Waals surface area contributed by atoms with Crippen LogP contribution in [-0.2, 0) is 40.1 Å². The number of rotatable bonds is 7. The van der Waals surface area contributed by atoms with Crippen LogP contribution in [0.4, 0.5) is 8.78 Å². The van der Waals surface area contributed by atoms with Crippen LogP contribution in [0, 0.1) is 11.6 Å². The Hall–Kier alpha value is -1.99. The van der Waals surface area contributed by atoms with E-state index >= 15 is 0 Å². The molecule has 0 aliphatic carbocycles. The van der Waals surface area contributed by atoms with Crippen molar-refractivity contribution >= 4 is 73.7 Å². The molecule has 4 aliphatic heterocycles. The minimum Gasteiger partial charge on any atom is -0.370 e. The van der Waals surface area contributed by atoms with Crippen molar-refractivity contribution in [3.63, 3.8) is 0 Å². The molecule has 4 aliphatic rings. The molecule has 0 aromatic heterocycles. The van der Waals surface area contributed by atoms with Gasteiger partial charge in [-0.05, 0) is 52.7 Å². The Bertz CT molecular complexity index is 1660. The van der Waals surface area contributed by atoms with Crippen LogP contribution in [0.15, 0.2) is 50.7 Å². The molecule has 6 rings (SSSR count). The molecule has 4 fully saturated rings. The number of benzene rings is 2. The van der Waals surface area contributed by atoms with E-state index in [1.165, 1.54) is 24.3 Å². The second-order valence-electron chi connectivity index (χ2n) is 11.9. The third kappa shape index (κ3) is 8.09. The molecule has 2 spiro atoms. The second-order valence-corrected chi connectivity index (χ2v) is 16.2. The molecule has 18 heteroatoms. The van der Waals surface area contributed by atoms with Gasteiger partial charge in [0, 0.05) is 25.6 Å². The summed E-state index contributed by atoms with van der Waals surface area (Å²) in [5, 5.41) is 0. The number of nitrogens with one attached hydrogen (secondary N) is 1. The van der Waals surface area contributed by atoms with E-state index in [0.29, 0.717) is 63.6 Å². The van der Waals surface area contributed by atoms with Gasteiger partial charge in [0.2, 0.25) is 21.8 Å². The molecule has 2 unspecified atom stereocenters. The van der Waals surface area contributed by atoms with Crippen LogP contribution in [0.5, 0.6) is 0 Å². The summed E-state index contributed by atoms with van der Waals surface area (Å²) in [5.74, 6) is -1.35. The summed E-state index contributed by atoms with van der Waals surface area (Å²) in [7, 11) is 0.121. The van der Waals surface area contributed by atoms with Gasteiger partial charge in [-0.25, -0.2) is 30.4 Å². The van der Waals surface area contributed by atoms with Gasteiger partial charge in [-0.15, -0.1) is 11.6 Å². The number of nitrogens with zero attached hydrogens (tertiary/aromatic N) is 3. The Kier molecular flexibility index (Phi) is 11.2. The molecule has 0 bridgehead atoms. The lowest BCUT2D eigenvalue weighted by molar-refractivity contribution is -0.181. The summed E-state index contributed by atoms with van der Waals surface area (Å²) in [6.45, 7) is 5.19. The highest BCUT2D eigenvalue weighted by molar-refractivity contribution is 9.10. The van der Waals surface area contributed by atoms with E-state index in [0.717, 1.165) is 6.07 Å². The van der Waals surface area contributed by atoms with Crippen LogP contribution >= 0.6 is 27.5 Å². The van der Waals surface area contributed by atoms with Gasteiger partial charge >= 0.3 is 0 Å². The molecule has 0 saturated carbocycles. The normalized spacial score (nSPS) is 22.3. The number of likely N-dealkylation sites (tertiary alicyclic amines) is 2. The highest BCUT2D eigenvalue weighted by Gasteiger charge is 2.52. The Balaban J connectivity index is 0.000000185. The number of alkyl halides is 1. The molecule has 47 heavy (non-hydrogen) atoms. The first-order chi connectivity index (χ1) is 22.2. The third-order valence-corrected chi connectivity index (χ3v) is 12.2. The van der Waals surface area contributed by atoms with Crippen LogP contribution < -0.4 is 10.2 Å². The van der Waals surface area contributed by atoms with Crippen molar-refractivity contribution in [1.29, 1.82) is 0 Å². The lowest BCUT2D eigenvalue weighted by Gasteiger charge is -2.53. The van der Waals surface area contributed by atoms with Crippen LogP contribution in [0.2, 0.25) is 0 Å². The van der Waals surface area contributed by atoms with Gasteiger partial charge in [0.15, 0.2) is 0 Å². The van der Waals surface area contributed by atoms with E-state index in [1.54, 1.807) is 27.1 Å². The molecule has 2 atom stereocenters. The average Bonchev–Trinajstić information content (AvgIpc) is 3.44. The predicted molar refractivity (Wildman–Crippen MR) is 174 cm³/mol. The number of halogens is 4. The number of carbonyl (C=O) groups is 2. The fraction of sp³-hybridized carbons (Fsp3) is 0.517. The maximum absolute atomic E-state index is 13.6. The van der Waals surface area contributed by atoms with Gasteiger partial charge in [-0.3, -0.25) is 9.59 Å². The zero-order chi connectivity index (χ0) is 34.1. The number of ether oxygens (including phenoxy) is 2. The smallest absolute Gasteiger partial charge is 0.241 e. The monoisotopic (exact) mass is 776 g/mol. The SMILES string of the molecule is CCC(=O)N1CC2(CC(NS(=O)(=O)c3ccc(Br)c(F)c3)CO2)C1.[B]c1ccc(S(=O)N2CCOC3(CN(C(=O)CCl)C3)C2)cc1F. The van der Waals surface area contributed by atoms with Gasteiger partial charge in [-0.2, -0.15) is 0 Å². The molecular weight excluding hydrogens is 745 g/mol. The van der Waals surface area contributed by atoms with Crippen molar-refractivity contribution in [2.24, 2.45) is 0 Å². The standard InChI is InChI=1S/C15H18BrFN2O4S.C14H15BClFN2O3S/c1-2-14(20)19-8-15(9-19)6-10(7-23-15)18-24(21,22)11-3-4-12(16)13(17)5-11;15-11-2-1-10(5-12(11)17)23(21)19-3-4-22-14(9-19)7-18(8-14)13(20)6-16/h3-5,10,18H,2,6-9H2,1H3;1-2,5H,3-4,6-9H2. The molecule has 4 saturated heterocycles. The van der Waals surface area contributed by atoms with Gasteiger partial charge in [0.25, 0.3) is 0 Å². The predicted octanol–water partition coefficient (Wildman–Crippen LogP) is 1.44. The minimum atomic E-state index is -3.82.